The minimum Gasteiger partial charge on any atom is -0.508 e. The van der Waals surface area contributed by atoms with Crippen LogP contribution in [0.1, 0.15) is 16.1 Å². The van der Waals surface area contributed by atoms with Gasteiger partial charge < -0.3 is 15.5 Å². The van der Waals surface area contributed by atoms with Gasteiger partial charge in [-0.3, -0.25) is 4.79 Å². The Morgan fingerprint density at radius 1 is 1.04 bits per heavy atom. The van der Waals surface area contributed by atoms with E-state index in [1.807, 2.05) is 18.2 Å². The number of phenolic OH excluding ortho intramolecular Hbond substituents is 1. The number of aromatic hydroxyl groups is 1. The number of hydrogen-bond acceptors (Lipinski definition) is 5. The number of rotatable bonds is 5. The molecule has 1 aromatic rings. The van der Waals surface area contributed by atoms with E-state index in [9.17, 15) is 15.0 Å². The molecule has 122 valence electrons. The van der Waals surface area contributed by atoms with E-state index in [1.165, 1.54) is 0 Å². The lowest BCUT2D eigenvalue weighted by Crippen LogP contribution is -2.39. The fourth-order valence-corrected chi connectivity index (χ4v) is 2.48. The molecule has 0 bridgehead atoms. The molecule has 1 aromatic carbocycles. The molecule has 1 atom stereocenters. The Morgan fingerprint density at radius 2 is 1.79 bits per heavy atom. The van der Waals surface area contributed by atoms with Gasteiger partial charge in [0.25, 0.3) is 5.91 Å². The van der Waals surface area contributed by atoms with E-state index in [2.05, 4.69) is 15.5 Å². The Bertz CT molecular complexity index is 805. The lowest BCUT2D eigenvalue weighted by Gasteiger charge is -2.16. The molecule has 0 radical (unpaired) electrons. The fraction of sp³-hybridized carbons (Fsp3) is 0.167. The van der Waals surface area contributed by atoms with Crippen LogP contribution in [0.3, 0.4) is 0 Å². The van der Waals surface area contributed by atoms with Gasteiger partial charge in [-0.05, 0) is 30.2 Å². The SMILES string of the molecule is O=C(NC(CO)Cc1ccc(O)cc1)c1nnc2cccccc1-2. The molecule has 0 fully saturated rings. The molecule has 1 heterocycles. The number of carbonyl (C=O) groups is 1. The predicted molar refractivity (Wildman–Crippen MR) is 88.8 cm³/mol. The number of nitrogens with one attached hydrogen (secondary N) is 1. The first-order valence-electron chi connectivity index (χ1n) is 7.58. The molecule has 3 rings (SSSR count). The summed E-state index contributed by atoms with van der Waals surface area (Å²) in [5.74, 6) is -0.198. The molecule has 0 saturated carbocycles. The summed E-state index contributed by atoms with van der Waals surface area (Å²) in [4.78, 5) is 12.5. The number of carbonyl (C=O) groups excluding carboxylic acids is 1. The number of phenols is 1. The zero-order valence-corrected chi connectivity index (χ0v) is 12.9. The normalized spacial score (nSPS) is 12.0. The fourth-order valence-electron chi connectivity index (χ4n) is 2.48. The minimum absolute atomic E-state index is 0.176. The van der Waals surface area contributed by atoms with Gasteiger partial charge in [0, 0.05) is 5.56 Å². The summed E-state index contributed by atoms with van der Waals surface area (Å²) in [5.41, 5.74) is 2.45. The van der Waals surface area contributed by atoms with Crippen LogP contribution >= 0.6 is 0 Å². The minimum atomic E-state index is -0.453. The molecule has 1 amide bonds. The standard InChI is InChI=1S/C18H17N3O3/c22-11-13(10-12-6-8-14(23)9-7-12)19-18(24)17-15-4-2-1-3-5-16(15)20-21-17/h1-9,13,22-23H,10-11H2,(H,19,24). The maximum absolute atomic E-state index is 12.5. The molecule has 24 heavy (non-hydrogen) atoms. The van der Waals surface area contributed by atoms with E-state index in [-0.39, 0.29) is 24.0 Å². The number of aliphatic hydroxyl groups is 1. The van der Waals surface area contributed by atoms with Gasteiger partial charge in [0.2, 0.25) is 0 Å². The zero-order chi connectivity index (χ0) is 16.9. The number of fused-ring (bicyclic) bond motifs is 1. The van der Waals surface area contributed by atoms with E-state index in [0.717, 1.165) is 5.56 Å². The first-order valence-corrected chi connectivity index (χ1v) is 7.58. The number of nitrogens with zero attached hydrogens (tertiary/aromatic N) is 2. The molecule has 0 spiro atoms. The van der Waals surface area contributed by atoms with Crippen LogP contribution in [-0.4, -0.2) is 39.0 Å². The van der Waals surface area contributed by atoms with Gasteiger partial charge in [-0.2, -0.15) is 0 Å². The Morgan fingerprint density at radius 3 is 2.54 bits per heavy atom. The molecule has 0 saturated heterocycles. The Hall–Kier alpha value is -2.99. The average molecular weight is 323 g/mol. The van der Waals surface area contributed by atoms with Crippen molar-refractivity contribution >= 4 is 5.91 Å². The van der Waals surface area contributed by atoms with Crippen LogP contribution in [0.5, 0.6) is 5.75 Å². The first kappa shape index (κ1) is 15.9. The third-order valence-electron chi connectivity index (χ3n) is 3.72. The van der Waals surface area contributed by atoms with Gasteiger partial charge >= 0.3 is 0 Å². The maximum Gasteiger partial charge on any atom is 0.272 e. The summed E-state index contributed by atoms with van der Waals surface area (Å²) in [6.45, 7) is -0.202. The van der Waals surface area contributed by atoms with Crippen molar-refractivity contribution in [1.29, 1.82) is 0 Å². The lowest BCUT2D eigenvalue weighted by atomic mass is 10.1. The third-order valence-corrected chi connectivity index (χ3v) is 3.72. The van der Waals surface area contributed by atoms with Crippen molar-refractivity contribution in [1.82, 2.24) is 15.5 Å². The van der Waals surface area contributed by atoms with Crippen LogP contribution in [0, 0.1) is 0 Å². The Balaban J connectivity index is 1.73. The average Bonchev–Trinajstić information content (AvgIpc) is 2.85. The van der Waals surface area contributed by atoms with Crippen LogP contribution in [-0.2, 0) is 6.42 Å². The van der Waals surface area contributed by atoms with Gasteiger partial charge in [-0.1, -0.05) is 36.4 Å². The molecule has 3 N–H and O–H groups in total. The van der Waals surface area contributed by atoms with Crippen LogP contribution in [0.2, 0.25) is 0 Å². The molecular formula is C18H17N3O3. The molecule has 1 aliphatic heterocycles. The number of aliphatic hydroxyl groups excluding tert-OH is 1. The summed E-state index contributed by atoms with van der Waals surface area (Å²) >= 11 is 0. The monoisotopic (exact) mass is 323 g/mol. The van der Waals surface area contributed by atoms with Crippen molar-refractivity contribution in [3.8, 4) is 17.0 Å². The summed E-state index contributed by atoms with van der Waals surface area (Å²) < 4.78 is 0. The van der Waals surface area contributed by atoms with Crippen molar-refractivity contribution in [3.63, 3.8) is 0 Å². The summed E-state index contributed by atoms with van der Waals surface area (Å²) in [5, 5.41) is 29.6. The van der Waals surface area contributed by atoms with Gasteiger partial charge in [-0.25, -0.2) is 0 Å². The molecule has 6 nitrogen and oxygen atoms in total. The van der Waals surface area contributed by atoms with Crippen LogP contribution in [0.25, 0.3) is 11.3 Å². The highest BCUT2D eigenvalue weighted by molar-refractivity contribution is 5.99. The van der Waals surface area contributed by atoms with Crippen molar-refractivity contribution in [2.24, 2.45) is 0 Å². The van der Waals surface area contributed by atoms with Crippen molar-refractivity contribution in [3.05, 3.63) is 65.9 Å². The van der Waals surface area contributed by atoms with Crippen LogP contribution in [0.15, 0.2) is 54.6 Å². The smallest absolute Gasteiger partial charge is 0.272 e. The number of aromatic nitrogens is 2. The van der Waals surface area contributed by atoms with Gasteiger partial charge in [0.1, 0.15) is 5.75 Å². The van der Waals surface area contributed by atoms with Crippen molar-refractivity contribution < 1.29 is 15.0 Å². The molecule has 0 aromatic heterocycles. The molecule has 2 aliphatic rings. The van der Waals surface area contributed by atoms with Gasteiger partial charge in [-0.15, -0.1) is 10.2 Å². The van der Waals surface area contributed by atoms with E-state index in [1.54, 1.807) is 36.4 Å². The zero-order valence-electron chi connectivity index (χ0n) is 12.9. The molecule has 6 heteroatoms. The molecule has 1 aliphatic carbocycles. The van der Waals surface area contributed by atoms with E-state index >= 15 is 0 Å². The summed E-state index contributed by atoms with van der Waals surface area (Å²) in [6.07, 6.45) is 0.447. The van der Waals surface area contributed by atoms with Gasteiger partial charge in [0.15, 0.2) is 5.69 Å². The topological polar surface area (TPSA) is 95.3 Å². The Labute approximate surface area is 139 Å². The second-order valence-electron chi connectivity index (χ2n) is 5.48. The second kappa shape index (κ2) is 7.06. The van der Waals surface area contributed by atoms with E-state index in [0.29, 0.717) is 17.7 Å². The maximum atomic E-state index is 12.5. The third kappa shape index (κ3) is 3.49. The number of hydrogen-bond donors (Lipinski definition) is 3. The van der Waals surface area contributed by atoms with E-state index < -0.39 is 6.04 Å². The highest BCUT2D eigenvalue weighted by Crippen LogP contribution is 2.21. The number of benzene rings is 1. The molecule has 1 unspecified atom stereocenters. The van der Waals surface area contributed by atoms with E-state index in [4.69, 9.17) is 0 Å². The largest absolute Gasteiger partial charge is 0.508 e. The predicted octanol–water partition coefficient (Wildman–Crippen LogP) is 1.62. The summed E-state index contributed by atoms with van der Waals surface area (Å²) in [7, 11) is 0. The number of amides is 1. The van der Waals surface area contributed by atoms with Crippen LogP contribution in [0.4, 0.5) is 0 Å². The molecular weight excluding hydrogens is 306 g/mol. The lowest BCUT2D eigenvalue weighted by molar-refractivity contribution is 0.0912. The highest BCUT2D eigenvalue weighted by Gasteiger charge is 2.21. The van der Waals surface area contributed by atoms with Crippen molar-refractivity contribution in [2.75, 3.05) is 6.61 Å². The second-order valence-corrected chi connectivity index (χ2v) is 5.48. The van der Waals surface area contributed by atoms with Crippen LogP contribution < -0.4 is 5.32 Å². The summed E-state index contributed by atoms with van der Waals surface area (Å²) in [6, 6.07) is 15.3. The first-order chi connectivity index (χ1) is 11.7. The Kier molecular flexibility index (Phi) is 4.67. The highest BCUT2D eigenvalue weighted by atomic mass is 16.3. The van der Waals surface area contributed by atoms with Crippen molar-refractivity contribution in [2.45, 2.75) is 12.5 Å². The van der Waals surface area contributed by atoms with Gasteiger partial charge in [0.05, 0.1) is 18.3 Å². The quantitative estimate of drug-likeness (QED) is 0.663.